The van der Waals surface area contributed by atoms with Crippen LogP contribution in [0.25, 0.3) is 0 Å². The molecular formula is C10H11ClF4O2S. The van der Waals surface area contributed by atoms with E-state index < -0.39 is 31.7 Å². The van der Waals surface area contributed by atoms with E-state index in [2.05, 4.69) is 4.74 Å². The highest BCUT2D eigenvalue weighted by Gasteiger charge is 2.41. The number of aliphatic hydroxyl groups excluding tert-OH is 1. The van der Waals surface area contributed by atoms with Crippen LogP contribution in [-0.4, -0.2) is 36.8 Å². The molecule has 0 amide bonds. The lowest BCUT2D eigenvalue weighted by molar-refractivity contribution is -0.170. The van der Waals surface area contributed by atoms with Gasteiger partial charge in [-0.05, 0) is 12.1 Å². The van der Waals surface area contributed by atoms with Crippen LogP contribution >= 0.6 is 22.9 Å². The highest BCUT2D eigenvalue weighted by Crippen LogP contribution is 2.24. The maximum atomic E-state index is 12.5. The molecule has 18 heavy (non-hydrogen) atoms. The molecule has 1 aromatic rings. The van der Waals surface area contributed by atoms with Crippen molar-refractivity contribution in [1.82, 2.24) is 0 Å². The molecule has 0 fully saturated rings. The standard InChI is InChI=1S/C10H11ClF4O2S/c11-8-2-1-7(18-8)3-6(16)4-17-5-10(14,15)9(12)13/h1-2,6,9,16H,3-5H2. The first-order valence-corrected chi connectivity index (χ1v) is 6.16. The molecule has 1 atom stereocenters. The zero-order valence-electron chi connectivity index (χ0n) is 9.08. The van der Waals surface area contributed by atoms with Gasteiger partial charge in [0.25, 0.3) is 0 Å². The number of thiophene rings is 1. The molecule has 0 aliphatic rings. The first-order chi connectivity index (χ1) is 8.31. The zero-order chi connectivity index (χ0) is 13.8. The minimum absolute atomic E-state index is 0.178. The first-order valence-electron chi connectivity index (χ1n) is 4.97. The number of rotatable bonds is 7. The fraction of sp³-hybridized carbons (Fsp3) is 0.600. The van der Waals surface area contributed by atoms with E-state index in [9.17, 15) is 22.7 Å². The van der Waals surface area contributed by atoms with Gasteiger partial charge in [0.05, 0.1) is 17.0 Å². The average Bonchev–Trinajstić information content (AvgIpc) is 2.63. The third-order valence-electron chi connectivity index (χ3n) is 1.99. The Hall–Kier alpha value is -0.370. The maximum Gasteiger partial charge on any atom is 0.330 e. The van der Waals surface area contributed by atoms with Gasteiger partial charge in [-0.1, -0.05) is 11.6 Å². The molecule has 1 aromatic heterocycles. The molecule has 1 heterocycles. The number of halogens is 5. The summed E-state index contributed by atoms with van der Waals surface area (Å²) in [6.45, 7) is -1.84. The van der Waals surface area contributed by atoms with E-state index in [0.717, 1.165) is 4.88 Å². The summed E-state index contributed by atoms with van der Waals surface area (Å²) in [4.78, 5) is 0.761. The third kappa shape index (κ3) is 5.09. The van der Waals surface area contributed by atoms with E-state index >= 15 is 0 Å². The SMILES string of the molecule is OC(COCC(F)(F)C(F)F)Cc1ccc(Cl)s1. The van der Waals surface area contributed by atoms with Crippen LogP contribution in [0.4, 0.5) is 17.6 Å². The molecule has 0 aliphatic heterocycles. The molecule has 1 unspecified atom stereocenters. The van der Waals surface area contributed by atoms with Gasteiger partial charge < -0.3 is 9.84 Å². The van der Waals surface area contributed by atoms with E-state index in [0.29, 0.717) is 4.34 Å². The fourth-order valence-electron chi connectivity index (χ4n) is 1.15. The van der Waals surface area contributed by atoms with Crippen molar-refractivity contribution in [3.8, 4) is 0 Å². The Balaban J connectivity index is 2.27. The Morgan fingerprint density at radius 3 is 2.56 bits per heavy atom. The first kappa shape index (κ1) is 15.7. The molecule has 0 aromatic carbocycles. The van der Waals surface area contributed by atoms with Gasteiger partial charge in [-0.25, -0.2) is 8.78 Å². The van der Waals surface area contributed by atoms with Crippen molar-refractivity contribution in [2.75, 3.05) is 13.2 Å². The lowest BCUT2D eigenvalue weighted by Gasteiger charge is -2.16. The van der Waals surface area contributed by atoms with Gasteiger partial charge in [-0.15, -0.1) is 11.3 Å². The van der Waals surface area contributed by atoms with Crippen molar-refractivity contribution >= 4 is 22.9 Å². The second-order valence-corrected chi connectivity index (χ2v) is 5.44. The Morgan fingerprint density at radius 2 is 2.06 bits per heavy atom. The van der Waals surface area contributed by atoms with Crippen LogP contribution in [0.5, 0.6) is 0 Å². The lowest BCUT2D eigenvalue weighted by Crippen LogP contribution is -2.34. The molecule has 2 nitrogen and oxygen atoms in total. The monoisotopic (exact) mass is 306 g/mol. The number of alkyl halides is 4. The molecule has 1 N–H and O–H groups in total. The van der Waals surface area contributed by atoms with Crippen molar-refractivity contribution in [2.45, 2.75) is 24.9 Å². The van der Waals surface area contributed by atoms with Gasteiger partial charge in [0.1, 0.15) is 6.61 Å². The van der Waals surface area contributed by atoms with Crippen molar-refractivity contribution in [3.05, 3.63) is 21.3 Å². The second kappa shape index (κ2) is 6.70. The van der Waals surface area contributed by atoms with Gasteiger partial charge in [0.2, 0.25) is 0 Å². The average molecular weight is 307 g/mol. The van der Waals surface area contributed by atoms with Crippen LogP contribution in [0.3, 0.4) is 0 Å². The highest BCUT2D eigenvalue weighted by molar-refractivity contribution is 7.16. The number of hydrogen-bond donors (Lipinski definition) is 1. The van der Waals surface area contributed by atoms with Crippen molar-refractivity contribution in [1.29, 1.82) is 0 Å². The summed E-state index contributed by atoms with van der Waals surface area (Å²) in [6.07, 6.45) is -4.63. The Bertz CT molecular complexity index is 373. The predicted octanol–water partition coefficient (Wildman–Crippen LogP) is 3.22. The molecule has 1 rings (SSSR count). The van der Waals surface area contributed by atoms with Crippen LogP contribution < -0.4 is 0 Å². The van der Waals surface area contributed by atoms with Crippen LogP contribution in [0.15, 0.2) is 12.1 Å². The second-order valence-electron chi connectivity index (χ2n) is 3.64. The molecule has 0 aliphatic carbocycles. The van der Waals surface area contributed by atoms with E-state index in [1.54, 1.807) is 12.1 Å². The molecule has 0 saturated carbocycles. The molecule has 104 valence electrons. The summed E-state index contributed by atoms with van der Waals surface area (Å²) in [5, 5.41) is 9.45. The Morgan fingerprint density at radius 1 is 1.39 bits per heavy atom. The lowest BCUT2D eigenvalue weighted by atomic mass is 10.2. The van der Waals surface area contributed by atoms with Gasteiger partial charge in [0.15, 0.2) is 0 Å². The van der Waals surface area contributed by atoms with Crippen LogP contribution in [-0.2, 0) is 11.2 Å². The molecule has 0 saturated heterocycles. The predicted molar refractivity (Wildman–Crippen MR) is 60.8 cm³/mol. The van der Waals surface area contributed by atoms with Crippen LogP contribution in [0, 0.1) is 0 Å². The summed E-state index contributed by atoms with van der Waals surface area (Å²) in [5.41, 5.74) is 0. The zero-order valence-corrected chi connectivity index (χ0v) is 10.7. The van der Waals surface area contributed by atoms with E-state index in [4.69, 9.17) is 11.6 Å². The quantitative estimate of drug-likeness (QED) is 0.784. The smallest absolute Gasteiger partial charge is 0.330 e. The highest BCUT2D eigenvalue weighted by atomic mass is 35.5. The topological polar surface area (TPSA) is 29.5 Å². The number of hydrogen-bond acceptors (Lipinski definition) is 3. The van der Waals surface area contributed by atoms with Crippen molar-refractivity contribution < 1.29 is 27.4 Å². The largest absolute Gasteiger partial charge is 0.390 e. The van der Waals surface area contributed by atoms with Gasteiger partial charge in [0, 0.05) is 11.3 Å². The molecule has 8 heteroatoms. The Kier molecular flexibility index (Phi) is 5.84. The summed E-state index contributed by atoms with van der Waals surface area (Å²) in [6, 6.07) is 3.32. The fourth-order valence-corrected chi connectivity index (χ4v) is 2.31. The van der Waals surface area contributed by atoms with Crippen molar-refractivity contribution in [2.24, 2.45) is 0 Å². The van der Waals surface area contributed by atoms with E-state index in [1.807, 2.05) is 0 Å². The summed E-state index contributed by atoms with van der Waals surface area (Å²) >= 11 is 6.91. The Labute approximate surface area is 110 Å². The van der Waals surface area contributed by atoms with Gasteiger partial charge in [-0.3, -0.25) is 0 Å². The third-order valence-corrected chi connectivity index (χ3v) is 3.24. The normalized spacial score (nSPS) is 14.2. The van der Waals surface area contributed by atoms with Crippen molar-refractivity contribution in [3.63, 3.8) is 0 Å². The summed E-state index contributed by atoms with van der Waals surface area (Å²) in [7, 11) is 0. The molecule has 0 spiro atoms. The minimum Gasteiger partial charge on any atom is -0.390 e. The molecular weight excluding hydrogens is 296 g/mol. The summed E-state index contributed by atoms with van der Waals surface area (Å²) in [5.74, 6) is -4.19. The van der Waals surface area contributed by atoms with Crippen LogP contribution in [0.1, 0.15) is 4.88 Å². The van der Waals surface area contributed by atoms with Crippen LogP contribution in [0.2, 0.25) is 4.34 Å². The van der Waals surface area contributed by atoms with Gasteiger partial charge >= 0.3 is 12.3 Å². The number of ether oxygens (including phenoxy) is 1. The minimum atomic E-state index is -4.19. The van der Waals surface area contributed by atoms with Gasteiger partial charge in [-0.2, -0.15) is 8.78 Å². The molecule has 0 bridgehead atoms. The van der Waals surface area contributed by atoms with E-state index in [1.165, 1.54) is 11.3 Å². The number of aliphatic hydroxyl groups is 1. The molecule has 0 radical (unpaired) electrons. The maximum absolute atomic E-state index is 12.5. The van der Waals surface area contributed by atoms with E-state index in [-0.39, 0.29) is 6.42 Å². The summed E-state index contributed by atoms with van der Waals surface area (Å²) < 4.78 is 53.4.